The second-order valence-corrected chi connectivity index (χ2v) is 9.50. The van der Waals surface area contributed by atoms with Crippen molar-refractivity contribution in [3.63, 3.8) is 0 Å². The molecule has 0 aromatic heterocycles. The average Bonchev–Trinajstić information content (AvgIpc) is 2.82. The molecule has 1 N–H and O–H groups in total. The number of fused-ring (bicyclic) bond motifs is 1. The quantitative estimate of drug-likeness (QED) is 0.785. The van der Waals surface area contributed by atoms with Gasteiger partial charge < -0.3 is 15.0 Å². The van der Waals surface area contributed by atoms with Gasteiger partial charge in [0.15, 0.2) is 0 Å². The molecular formula is C25H37N3O3. The van der Waals surface area contributed by atoms with Gasteiger partial charge >= 0.3 is 0 Å². The van der Waals surface area contributed by atoms with E-state index in [1.54, 1.807) is 0 Å². The summed E-state index contributed by atoms with van der Waals surface area (Å²) in [5.41, 5.74) is 1.89. The van der Waals surface area contributed by atoms with E-state index in [2.05, 4.69) is 29.3 Å². The van der Waals surface area contributed by atoms with Crippen LogP contribution < -0.4 is 5.32 Å². The van der Waals surface area contributed by atoms with Crippen LogP contribution >= 0.6 is 0 Å². The predicted octanol–water partition coefficient (Wildman–Crippen LogP) is 2.74. The number of amides is 2. The zero-order valence-corrected chi connectivity index (χ0v) is 19.1. The first-order valence-corrected chi connectivity index (χ1v) is 12.0. The Kier molecular flexibility index (Phi) is 6.97. The van der Waals surface area contributed by atoms with Crippen molar-refractivity contribution in [2.75, 3.05) is 39.4 Å². The third-order valence-corrected chi connectivity index (χ3v) is 7.85. The highest BCUT2D eigenvalue weighted by Gasteiger charge is 2.53. The van der Waals surface area contributed by atoms with Crippen molar-refractivity contribution in [3.8, 4) is 0 Å². The number of likely N-dealkylation sites (tertiary alicyclic amines) is 1. The molecule has 2 saturated heterocycles. The summed E-state index contributed by atoms with van der Waals surface area (Å²) in [6.07, 6.45) is 4.34. The predicted molar refractivity (Wildman–Crippen MR) is 120 cm³/mol. The molecule has 1 saturated carbocycles. The Morgan fingerprint density at radius 2 is 1.94 bits per heavy atom. The highest BCUT2D eigenvalue weighted by atomic mass is 16.5. The van der Waals surface area contributed by atoms with Gasteiger partial charge in [0.1, 0.15) is 0 Å². The van der Waals surface area contributed by atoms with E-state index in [-0.39, 0.29) is 11.8 Å². The third kappa shape index (κ3) is 4.65. The molecule has 2 heterocycles. The second-order valence-electron chi connectivity index (χ2n) is 9.50. The normalized spacial score (nSPS) is 29.3. The first kappa shape index (κ1) is 22.3. The van der Waals surface area contributed by atoms with Gasteiger partial charge in [0.05, 0.1) is 18.6 Å². The molecule has 3 aliphatic rings. The first-order chi connectivity index (χ1) is 15.0. The number of rotatable bonds is 5. The van der Waals surface area contributed by atoms with Crippen molar-refractivity contribution in [3.05, 3.63) is 35.4 Å². The SMILES string of the molecule is CCC(=O)N1CC[C@@H]2C[C@@H](N3CCOCC3)CC[C@@]2(C(=O)NCc2ccccc2C)C1. The Bertz CT molecular complexity index is 792. The van der Waals surface area contributed by atoms with Gasteiger partial charge in [-0.2, -0.15) is 0 Å². The number of hydrogen-bond acceptors (Lipinski definition) is 4. The minimum atomic E-state index is -0.464. The number of aryl methyl sites for hydroxylation is 1. The number of nitrogens with one attached hydrogen (secondary N) is 1. The van der Waals surface area contributed by atoms with Crippen molar-refractivity contribution < 1.29 is 14.3 Å². The Balaban J connectivity index is 1.51. The fraction of sp³-hybridized carbons (Fsp3) is 0.680. The van der Waals surface area contributed by atoms with Crippen LogP contribution in [0.5, 0.6) is 0 Å². The van der Waals surface area contributed by atoms with Crippen LogP contribution in [0.15, 0.2) is 24.3 Å². The number of carbonyl (C=O) groups is 2. The fourth-order valence-corrected chi connectivity index (χ4v) is 5.88. The summed E-state index contributed by atoms with van der Waals surface area (Å²) >= 11 is 0. The number of nitrogens with zero attached hydrogens (tertiary/aromatic N) is 2. The van der Waals surface area contributed by atoms with Crippen molar-refractivity contribution in [2.45, 2.75) is 58.5 Å². The maximum atomic E-state index is 13.7. The van der Waals surface area contributed by atoms with Gasteiger partial charge in [0.2, 0.25) is 11.8 Å². The third-order valence-electron chi connectivity index (χ3n) is 7.85. The molecule has 6 heteroatoms. The smallest absolute Gasteiger partial charge is 0.228 e. The van der Waals surface area contributed by atoms with Gasteiger partial charge in [-0.15, -0.1) is 0 Å². The van der Waals surface area contributed by atoms with Crippen molar-refractivity contribution in [1.29, 1.82) is 0 Å². The standard InChI is InChI=1S/C25H37N3O3/c1-3-23(29)28-11-9-21-16-22(27-12-14-31-15-13-27)8-10-25(21,18-28)24(30)26-17-20-7-5-4-6-19(20)2/h4-7,21-22H,3,8-18H2,1-2H3,(H,26,30)/t21-,22+,25-/m1/s1. The molecule has 0 radical (unpaired) electrons. The van der Waals surface area contributed by atoms with E-state index in [9.17, 15) is 9.59 Å². The minimum Gasteiger partial charge on any atom is -0.379 e. The summed E-state index contributed by atoms with van der Waals surface area (Å²) in [7, 11) is 0. The molecule has 1 aliphatic carbocycles. The molecular weight excluding hydrogens is 390 g/mol. The molecule has 1 aromatic carbocycles. The lowest BCUT2D eigenvalue weighted by Crippen LogP contribution is -2.61. The van der Waals surface area contributed by atoms with Gasteiger partial charge in [-0.3, -0.25) is 14.5 Å². The molecule has 4 rings (SSSR count). The number of carbonyl (C=O) groups excluding carboxylic acids is 2. The number of ether oxygens (including phenoxy) is 1. The molecule has 31 heavy (non-hydrogen) atoms. The number of benzene rings is 1. The van der Waals surface area contributed by atoms with E-state index < -0.39 is 5.41 Å². The summed E-state index contributed by atoms with van der Waals surface area (Å²) in [4.78, 5) is 30.7. The topological polar surface area (TPSA) is 61.9 Å². The van der Waals surface area contributed by atoms with Crippen LogP contribution in [0.25, 0.3) is 0 Å². The van der Waals surface area contributed by atoms with E-state index in [0.717, 1.165) is 64.1 Å². The highest BCUT2D eigenvalue weighted by molar-refractivity contribution is 5.85. The van der Waals surface area contributed by atoms with Crippen molar-refractivity contribution >= 4 is 11.8 Å². The Labute approximate surface area is 186 Å². The lowest BCUT2D eigenvalue weighted by atomic mass is 9.60. The van der Waals surface area contributed by atoms with Gasteiger partial charge in [-0.05, 0) is 49.7 Å². The van der Waals surface area contributed by atoms with Crippen LogP contribution in [0.4, 0.5) is 0 Å². The number of piperidine rings is 1. The first-order valence-electron chi connectivity index (χ1n) is 12.0. The van der Waals surface area contributed by atoms with E-state index in [1.165, 1.54) is 5.56 Å². The minimum absolute atomic E-state index is 0.134. The van der Waals surface area contributed by atoms with E-state index in [0.29, 0.717) is 31.5 Å². The zero-order valence-electron chi connectivity index (χ0n) is 19.1. The average molecular weight is 428 g/mol. The van der Waals surface area contributed by atoms with Crippen LogP contribution in [0.3, 0.4) is 0 Å². The summed E-state index contributed by atoms with van der Waals surface area (Å²) in [6.45, 7) is 9.49. The van der Waals surface area contributed by atoms with Gasteiger partial charge in [-0.1, -0.05) is 31.2 Å². The summed E-state index contributed by atoms with van der Waals surface area (Å²) < 4.78 is 5.54. The molecule has 0 unspecified atom stereocenters. The molecule has 2 aliphatic heterocycles. The van der Waals surface area contributed by atoms with Gasteiger partial charge in [0, 0.05) is 45.2 Å². The number of morpholine rings is 1. The van der Waals surface area contributed by atoms with Crippen molar-refractivity contribution in [1.82, 2.24) is 15.1 Å². The lowest BCUT2D eigenvalue weighted by Gasteiger charge is -2.53. The van der Waals surface area contributed by atoms with Crippen LogP contribution in [0.2, 0.25) is 0 Å². The molecule has 1 aromatic rings. The molecule has 0 spiro atoms. The van der Waals surface area contributed by atoms with E-state index in [1.807, 2.05) is 24.0 Å². The van der Waals surface area contributed by atoms with Crippen LogP contribution in [0, 0.1) is 18.3 Å². The Hall–Kier alpha value is -1.92. The van der Waals surface area contributed by atoms with Crippen LogP contribution in [-0.2, 0) is 20.9 Å². The van der Waals surface area contributed by atoms with Crippen LogP contribution in [0.1, 0.15) is 50.2 Å². The van der Waals surface area contributed by atoms with Gasteiger partial charge in [-0.25, -0.2) is 0 Å². The fourth-order valence-electron chi connectivity index (χ4n) is 5.88. The summed E-state index contributed by atoms with van der Waals surface area (Å²) in [5, 5.41) is 3.26. The summed E-state index contributed by atoms with van der Waals surface area (Å²) in [6, 6.07) is 8.73. The van der Waals surface area contributed by atoms with Crippen molar-refractivity contribution in [2.24, 2.45) is 11.3 Å². The van der Waals surface area contributed by atoms with E-state index in [4.69, 9.17) is 4.74 Å². The molecule has 170 valence electrons. The molecule has 3 atom stereocenters. The monoisotopic (exact) mass is 427 g/mol. The van der Waals surface area contributed by atoms with Gasteiger partial charge in [0.25, 0.3) is 0 Å². The Morgan fingerprint density at radius 1 is 1.16 bits per heavy atom. The molecule has 6 nitrogen and oxygen atoms in total. The van der Waals surface area contributed by atoms with Crippen LogP contribution in [-0.4, -0.2) is 67.0 Å². The van der Waals surface area contributed by atoms with E-state index >= 15 is 0 Å². The largest absolute Gasteiger partial charge is 0.379 e. The summed E-state index contributed by atoms with van der Waals surface area (Å²) in [5.74, 6) is 0.626. The molecule has 0 bridgehead atoms. The Morgan fingerprint density at radius 3 is 2.68 bits per heavy atom. The zero-order chi connectivity index (χ0) is 21.8. The second kappa shape index (κ2) is 9.70. The molecule has 3 fully saturated rings. The lowest BCUT2D eigenvalue weighted by molar-refractivity contribution is -0.151. The maximum absolute atomic E-state index is 13.7. The molecule has 2 amide bonds. The maximum Gasteiger partial charge on any atom is 0.228 e. The number of hydrogen-bond donors (Lipinski definition) is 1. The highest BCUT2D eigenvalue weighted by Crippen LogP contribution is 2.48.